The monoisotopic (exact) mass is 321 g/mol. The number of ether oxygens (including phenoxy) is 1. The summed E-state index contributed by atoms with van der Waals surface area (Å²) in [5.74, 6) is -0.405. The summed E-state index contributed by atoms with van der Waals surface area (Å²) in [6.45, 7) is 0. The van der Waals surface area contributed by atoms with Gasteiger partial charge in [-0.25, -0.2) is 14.4 Å². The van der Waals surface area contributed by atoms with Gasteiger partial charge in [-0.05, 0) is 29.3 Å². The van der Waals surface area contributed by atoms with E-state index in [2.05, 4.69) is 15.3 Å². The molecule has 5 nitrogen and oxygen atoms in total. The van der Waals surface area contributed by atoms with Crippen molar-refractivity contribution < 1.29 is 13.9 Å². The molecule has 0 saturated heterocycles. The van der Waals surface area contributed by atoms with Crippen molar-refractivity contribution in [3.8, 4) is 22.9 Å². The van der Waals surface area contributed by atoms with Crippen LogP contribution in [0, 0.1) is 5.82 Å². The van der Waals surface area contributed by atoms with Crippen LogP contribution in [0.1, 0.15) is 5.56 Å². The van der Waals surface area contributed by atoms with Crippen molar-refractivity contribution in [3.63, 3.8) is 0 Å². The molecule has 2 aromatic carbocycles. The highest BCUT2D eigenvalue weighted by Gasteiger charge is 2.17. The lowest BCUT2D eigenvalue weighted by Gasteiger charge is -2.07. The smallest absolute Gasteiger partial charge is 0.321 e. The zero-order valence-electron chi connectivity index (χ0n) is 12.5. The third-order valence-electron chi connectivity index (χ3n) is 3.73. The summed E-state index contributed by atoms with van der Waals surface area (Å²) in [7, 11) is 0. The standard InChI is InChI=1S/C18H12FN3O2/c19-14-3-1-2-4-16(14)24-18-20-9-13(10-21-18)11-5-6-12-8-17(23)22-15(12)7-11/h1-7,9-10H,8H2,(H,22,23). The highest BCUT2D eigenvalue weighted by molar-refractivity contribution is 5.99. The topological polar surface area (TPSA) is 64.1 Å². The number of nitrogens with zero attached hydrogens (tertiary/aromatic N) is 2. The van der Waals surface area contributed by atoms with E-state index >= 15 is 0 Å². The van der Waals surface area contributed by atoms with Gasteiger partial charge in [0.05, 0.1) is 6.42 Å². The van der Waals surface area contributed by atoms with Crippen LogP contribution in [0.4, 0.5) is 10.1 Å². The maximum atomic E-state index is 13.6. The maximum absolute atomic E-state index is 13.6. The summed E-state index contributed by atoms with van der Waals surface area (Å²) in [6, 6.07) is 11.8. The normalized spacial score (nSPS) is 12.6. The summed E-state index contributed by atoms with van der Waals surface area (Å²) >= 11 is 0. The predicted molar refractivity (Wildman–Crippen MR) is 86.3 cm³/mol. The summed E-state index contributed by atoms with van der Waals surface area (Å²) in [6.07, 6.45) is 3.60. The second-order valence-electron chi connectivity index (χ2n) is 5.38. The van der Waals surface area contributed by atoms with Gasteiger partial charge in [-0.15, -0.1) is 0 Å². The minimum Gasteiger partial charge on any atom is -0.421 e. The Labute approximate surface area is 137 Å². The molecule has 1 aliphatic heterocycles. The van der Waals surface area contributed by atoms with Crippen LogP contribution in [0.3, 0.4) is 0 Å². The van der Waals surface area contributed by atoms with Crippen LogP contribution >= 0.6 is 0 Å². The van der Waals surface area contributed by atoms with Crippen LogP contribution < -0.4 is 10.1 Å². The minimum absolute atomic E-state index is 0.00737. The Hall–Kier alpha value is -3.28. The van der Waals surface area contributed by atoms with Gasteiger partial charge < -0.3 is 10.1 Å². The molecule has 3 aromatic rings. The molecule has 0 atom stereocenters. The summed E-state index contributed by atoms with van der Waals surface area (Å²) < 4.78 is 18.9. The lowest BCUT2D eigenvalue weighted by atomic mass is 10.1. The molecule has 0 aliphatic carbocycles. The van der Waals surface area contributed by atoms with Gasteiger partial charge >= 0.3 is 6.01 Å². The zero-order valence-corrected chi connectivity index (χ0v) is 12.5. The Bertz CT molecular complexity index is 926. The number of fused-ring (bicyclic) bond motifs is 1. The van der Waals surface area contributed by atoms with Crippen molar-refractivity contribution in [1.29, 1.82) is 0 Å². The van der Waals surface area contributed by atoms with Crippen LogP contribution in [-0.4, -0.2) is 15.9 Å². The summed E-state index contributed by atoms with van der Waals surface area (Å²) in [4.78, 5) is 19.6. The van der Waals surface area contributed by atoms with Gasteiger partial charge in [-0.2, -0.15) is 0 Å². The average Bonchev–Trinajstić information content (AvgIpc) is 2.97. The van der Waals surface area contributed by atoms with E-state index in [0.29, 0.717) is 6.42 Å². The Morgan fingerprint density at radius 1 is 1.04 bits per heavy atom. The van der Waals surface area contributed by atoms with E-state index in [0.717, 1.165) is 22.4 Å². The van der Waals surface area contributed by atoms with E-state index in [1.54, 1.807) is 24.5 Å². The largest absolute Gasteiger partial charge is 0.421 e. The number of halogens is 1. The van der Waals surface area contributed by atoms with Gasteiger partial charge in [0.1, 0.15) is 0 Å². The van der Waals surface area contributed by atoms with Gasteiger partial charge in [-0.1, -0.05) is 24.3 Å². The Morgan fingerprint density at radius 2 is 1.83 bits per heavy atom. The van der Waals surface area contributed by atoms with Gasteiger partial charge in [0.25, 0.3) is 0 Å². The van der Waals surface area contributed by atoms with Crippen LogP contribution in [0.25, 0.3) is 11.1 Å². The molecule has 1 N–H and O–H groups in total. The highest BCUT2D eigenvalue weighted by Crippen LogP contribution is 2.29. The molecule has 6 heteroatoms. The number of hydrogen-bond acceptors (Lipinski definition) is 4. The predicted octanol–water partition coefficient (Wildman–Crippen LogP) is 3.57. The lowest BCUT2D eigenvalue weighted by molar-refractivity contribution is -0.115. The highest BCUT2D eigenvalue weighted by atomic mass is 19.1. The Morgan fingerprint density at radius 3 is 2.62 bits per heavy atom. The number of benzene rings is 2. The number of aromatic nitrogens is 2. The first kappa shape index (κ1) is 14.3. The lowest BCUT2D eigenvalue weighted by Crippen LogP contribution is -2.03. The van der Waals surface area contributed by atoms with Crippen LogP contribution in [0.5, 0.6) is 11.8 Å². The fourth-order valence-corrected chi connectivity index (χ4v) is 2.54. The average molecular weight is 321 g/mol. The molecule has 0 radical (unpaired) electrons. The number of rotatable bonds is 3. The van der Waals surface area contributed by atoms with E-state index in [9.17, 15) is 9.18 Å². The molecule has 0 unspecified atom stereocenters. The number of nitrogens with one attached hydrogen (secondary N) is 1. The molecule has 0 fully saturated rings. The van der Waals surface area contributed by atoms with Gasteiger partial charge in [-0.3, -0.25) is 4.79 Å². The van der Waals surface area contributed by atoms with E-state index in [-0.39, 0.29) is 17.7 Å². The van der Waals surface area contributed by atoms with Crippen molar-refractivity contribution in [3.05, 3.63) is 66.2 Å². The molecule has 0 bridgehead atoms. The Kier molecular flexibility index (Phi) is 3.42. The van der Waals surface area contributed by atoms with E-state index in [4.69, 9.17) is 4.74 Å². The first-order chi connectivity index (χ1) is 11.7. The van der Waals surface area contributed by atoms with Gasteiger partial charge in [0.15, 0.2) is 11.6 Å². The van der Waals surface area contributed by atoms with E-state index in [1.807, 2.05) is 18.2 Å². The summed E-state index contributed by atoms with van der Waals surface area (Å²) in [5.41, 5.74) is 3.45. The molecule has 1 aliphatic rings. The molecule has 0 spiro atoms. The van der Waals surface area contributed by atoms with Crippen molar-refractivity contribution in [1.82, 2.24) is 9.97 Å². The molecule has 0 saturated carbocycles. The second kappa shape index (κ2) is 5.73. The number of para-hydroxylation sites is 1. The van der Waals surface area contributed by atoms with Crippen molar-refractivity contribution in [2.45, 2.75) is 6.42 Å². The fourth-order valence-electron chi connectivity index (χ4n) is 2.54. The number of carbonyl (C=O) groups is 1. The molecular formula is C18H12FN3O2. The molecule has 1 amide bonds. The molecule has 24 heavy (non-hydrogen) atoms. The van der Waals surface area contributed by atoms with Gasteiger partial charge in [0, 0.05) is 23.6 Å². The zero-order chi connectivity index (χ0) is 16.5. The fraction of sp³-hybridized carbons (Fsp3) is 0.0556. The van der Waals surface area contributed by atoms with Crippen LogP contribution in [0.2, 0.25) is 0 Å². The third-order valence-corrected chi connectivity index (χ3v) is 3.73. The number of amides is 1. The molecule has 4 rings (SSSR count). The molecular weight excluding hydrogens is 309 g/mol. The Balaban J connectivity index is 1.57. The minimum atomic E-state index is -0.473. The quantitative estimate of drug-likeness (QED) is 0.801. The van der Waals surface area contributed by atoms with Crippen molar-refractivity contribution in [2.24, 2.45) is 0 Å². The number of carbonyl (C=O) groups excluding carboxylic acids is 1. The van der Waals surface area contributed by atoms with E-state index in [1.165, 1.54) is 12.1 Å². The van der Waals surface area contributed by atoms with Crippen LogP contribution in [-0.2, 0) is 11.2 Å². The molecule has 118 valence electrons. The van der Waals surface area contributed by atoms with E-state index < -0.39 is 5.82 Å². The third kappa shape index (κ3) is 2.69. The SMILES string of the molecule is O=C1Cc2ccc(-c3cnc(Oc4ccccc4F)nc3)cc2N1. The number of anilines is 1. The van der Waals surface area contributed by atoms with Crippen molar-refractivity contribution in [2.75, 3.05) is 5.32 Å². The second-order valence-corrected chi connectivity index (χ2v) is 5.38. The first-order valence-electron chi connectivity index (χ1n) is 7.36. The first-order valence-corrected chi connectivity index (χ1v) is 7.36. The summed E-state index contributed by atoms with van der Waals surface area (Å²) in [5, 5.41) is 2.81. The number of hydrogen-bond donors (Lipinski definition) is 1. The maximum Gasteiger partial charge on any atom is 0.321 e. The molecule has 2 heterocycles. The van der Waals surface area contributed by atoms with Crippen LogP contribution in [0.15, 0.2) is 54.9 Å². The van der Waals surface area contributed by atoms with Gasteiger partial charge in [0.2, 0.25) is 5.91 Å². The van der Waals surface area contributed by atoms with Crippen molar-refractivity contribution >= 4 is 11.6 Å². The molecule has 1 aromatic heterocycles.